The van der Waals surface area contributed by atoms with E-state index in [-0.39, 0.29) is 26.9 Å². The van der Waals surface area contributed by atoms with Crippen molar-refractivity contribution < 1.29 is 19.5 Å². The van der Waals surface area contributed by atoms with Crippen LogP contribution in [0, 0.1) is 26.2 Å². The van der Waals surface area contributed by atoms with Crippen molar-refractivity contribution in [1.82, 2.24) is 0 Å². The fourth-order valence-electron chi connectivity index (χ4n) is 2.86. The molecule has 0 N–H and O–H groups in total. The van der Waals surface area contributed by atoms with Gasteiger partial charge >= 0.3 is 19.5 Å². The Morgan fingerprint density at radius 3 is 1.70 bits per heavy atom. The Bertz CT molecular complexity index is 164. The predicted molar refractivity (Wildman–Crippen MR) is 98.2 cm³/mol. The molecule has 1 atom stereocenters. The van der Waals surface area contributed by atoms with Crippen molar-refractivity contribution in [2.75, 3.05) is 5.33 Å². The molecule has 0 spiro atoms. The smallest absolute Gasteiger partial charge is 0.358 e. The fourth-order valence-corrected chi connectivity index (χ4v) is 3.92. The summed E-state index contributed by atoms with van der Waals surface area (Å²) in [6.07, 6.45) is 13.2. The molecular formula is C17H34Br2Ru. The monoisotopic (exact) mass is 498 g/mol. The average molecular weight is 499 g/mol. The Morgan fingerprint density at radius 2 is 1.40 bits per heavy atom. The molecule has 0 amide bonds. The molecule has 20 heavy (non-hydrogen) atoms. The summed E-state index contributed by atoms with van der Waals surface area (Å²) in [5, 5.41) is 1.11. The quantitative estimate of drug-likeness (QED) is 0.219. The van der Waals surface area contributed by atoms with Crippen LogP contribution in [0.5, 0.6) is 0 Å². The normalized spacial score (nSPS) is 19.6. The minimum atomic E-state index is 0. The van der Waals surface area contributed by atoms with Gasteiger partial charge in [0, 0.05) is 10.2 Å². The number of rotatable bonds is 3. The molecule has 2 aliphatic rings. The third-order valence-electron chi connectivity index (χ3n) is 4.11. The second-order valence-corrected chi connectivity index (χ2v) is 7.10. The van der Waals surface area contributed by atoms with Gasteiger partial charge in [-0.25, -0.2) is 0 Å². The topological polar surface area (TPSA) is 0 Å². The van der Waals surface area contributed by atoms with Crippen molar-refractivity contribution in [3.63, 3.8) is 0 Å². The Labute approximate surface area is 158 Å². The van der Waals surface area contributed by atoms with E-state index in [2.05, 4.69) is 45.7 Å². The van der Waals surface area contributed by atoms with Crippen LogP contribution in [0.3, 0.4) is 0 Å². The molecule has 2 rings (SSSR count). The van der Waals surface area contributed by atoms with Crippen LogP contribution in [0.4, 0.5) is 0 Å². The van der Waals surface area contributed by atoms with Crippen LogP contribution >= 0.6 is 31.9 Å². The minimum Gasteiger partial charge on any atom is -0.358 e. The van der Waals surface area contributed by atoms with Crippen molar-refractivity contribution in [3.05, 3.63) is 14.4 Å². The van der Waals surface area contributed by atoms with Crippen LogP contribution in [-0.4, -0.2) is 10.2 Å². The first-order valence-electron chi connectivity index (χ1n) is 7.68. The molecule has 3 heteroatoms. The van der Waals surface area contributed by atoms with Crippen molar-refractivity contribution in [2.45, 2.75) is 76.5 Å². The van der Waals surface area contributed by atoms with Gasteiger partial charge in [-0.15, -0.1) is 0 Å². The molecule has 1 unspecified atom stereocenters. The van der Waals surface area contributed by atoms with E-state index in [0.29, 0.717) is 0 Å². The Kier molecular flexibility index (Phi) is 24.7. The van der Waals surface area contributed by atoms with E-state index >= 15 is 0 Å². The van der Waals surface area contributed by atoms with Gasteiger partial charge in [0.25, 0.3) is 0 Å². The Hall–Kier alpha value is 1.58. The maximum Gasteiger partial charge on any atom is 2.00 e. The van der Waals surface area contributed by atoms with Crippen molar-refractivity contribution in [3.8, 4) is 0 Å². The van der Waals surface area contributed by atoms with Crippen LogP contribution in [0.25, 0.3) is 0 Å². The van der Waals surface area contributed by atoms with Gasteiger partial charge in [-0.05, 0) is 24.7 Å². The molecule has 124 valence electrons. The number of alkyl halides is 2. The zero-order chi connectivity index (χ0) is 13.8. The van der Waals surface area contributed by atoms with Crippen LogP contribution in [0.15, 0.2) is 0 Å². The predicted octanol–water partition coefficient (Wildman–Crippen LogP) is 7.21. The molecule has 2 fully saturated rings. The van der Waals surface area contributed by atoms with Crippen LogP contribution in [-0.2, 0) is 19.5 Å². The van der Waals surface area contributed by atoms with Crippen molar-refractivity contribution in [2.24, 2.45) is 11.8 Å². The largest absolute Gasteiger partial charge is 2.00 e. The summed E-state index contributed by atoms with van der Waals surface area (Å²) >= 11 is 7.13. The molecule has 0 radical (unpaired) electrons. The molecule has 0 bridgehead atoms. The van der Waals surface area contributed by atoms with Gasteiger partial charge in [0.1, 0.15) is 0 Å². The second-order valence-electron chi connectivity index (χ2n) is 5.27. The van der Waals surface area contributed by atoms with E-state index < -0.39 is 0 Å². The standard InChI is InChI=1S/C7H12Br2.C7H14.C2H5.CH3.Ru/c8-5-7(9)6-3-1-2-4-6;1-2-7-5-3-4-6-7;1-2;;/h6-7H,1-5H2;7H,2-6H2,1H3;1H2,2H3;1H3;/q;;2*-1;+2. The Morgan fingerprint density at radius 1 is 1.00 bits per heavy atom. The number of hydrogen-bond acceptors (Lipinski definition) is 0. The zero-order valence-electron chi connectivity index (χ0n) is 13.6. The van der Waals surface area contributed by atoms with E-state index in [4.69, 9.17) is 0 Å². The second kappa shape index (κ2) is 18.6. The average Bonchev–Trinajstić information content (AvgIpc) is 3.13. The SMILES string of the molecule is BrCC(Br)C1CCCC1.CCC1CCCC1.[CH2-]C.[CH3-].[Ru+2]. The summed E-state index contributed by atoms with van der Waals surface area (Å²) < 4.78 is 0. The van der Waals surface area contributed by atoms with Gasteiger partial charge in [-0.2, -0.15) is 6.92 Å². The molecule has 0 heterocycles. The summed E-state index contributed by atoms with van der Waals surface area (Å²) in [4.78, 5) is 0.722. The van der Waals surface area contributed by atoms with E-state index in [1.807, 2.05) is 0 Å². The first-order valence-corrected chi connectivity index (χ1v) is 9.72. The third-order valence-corrected chi connectivity index (χ3v) is 6.75. The molecule has 0 aromatic heterocycles. The molecule has 0 aliphatic heterocycles. The van der Waals surface area contributed by atoms with Gasteiger partial charge in [0.15, 0.2) is 0 Å². The van der Waals surface area contributed by atoms with Gasteiger partial charge in [0.2, 0.25) is 0 Å². The van der Waals surface area contributed by atoms with Crippen LogP contribution in [0.2, 0.25) is 0 Å². The molecule has 2 aliphatic carbocycles. The molecular weight excluding hydrogens is 465 g/mol. The van der Waals surface area contributed by atoms with E-state index in [1.165, 1.54) is 57.8 Å². The van der Waals surface area contributed by atoms with Gasteiger partial charge < -0.3 is 14.4 Å². The van der Waals surface area contributed by atoms with E-state index in [9.17, 15) is 0 Å². The summed E-state index contributed by atoms with van der Waals surface area (Å²) in [5.74, 6) is 2.05. The van der Waals surface area contributed by atoms with E-state index in [1.54, 1.807) is 6.92 Å². The summed E-state index contributed by atoms with van der Waals surface area (Å²) in [5.41, 5.74) is 0. The Balaban J connectivity index is -0.000000240. The van der Waals surface area contributed by atoms with Gasteiger partial charge in [0.05, 0.1) is 0 Å². The van der Waals surface area contributed by atoms with Crippen molar-refractivity contribution in [1.29, 1.82) is 0 Å². The number of hydrogen-bond donors (Lipinski definition) is 0. The van der Waals surface area contributed by atoms with Crippen LogP contribution < -0.4 is 0 Å². The van der Waals surface area contributed by atoms with Crippen molar-refractivity contribution >= 4 is 31.9 Å². The summed E-state index contributed by atoms with van der Waals surface area (Å²) in [7, 11) is 0. The fraction of sp³-hybridized carbons (Fsp3) is 0.882. The summed E-state index contributed by atoms with van der Waals surface area (Å²) in [6, 6.07) is 0. The first kappa shape index (κ1) is 26.5. The molecule has 0 aromatic carbocycles. The van der Waals surface area contributed by atoms with Crippen LogP contribution in [0.1, 0.15) is 71.6 Å². The minimum absolute atomic E-state index is 0. The third kappa shape index (κ3) is 12.2. The maximum absolute atomic E-state index is 3.66. The number of halogens is 2. The van der Waals surface area contributed by atoms with E-state index in [0.717, 1.165) is 22.0 Å². The molecule has 0 nitrogen and oxygen atoms in total. The van der Waals surface area contributed by atoms with Gasteiger partial charge in [-0.1, -0.05) is 83.7 Å². The molecule has 0 saturated heterocycles. The molecule has 2 saturated carbocycles. The van der Waals surface area contributed by atoms with Gasteiger partial charge in [-0.3, -0.25) is 0 Å². The molecule has 0 aromatic rings. The summed E-state index contributed by atoms with van der Waals surface area (Å²) in [6.45, 7) is 7.30. The maximum atomic E-state index is 3.66. The first-order chi connectivity index (χ1) is 8.77. The zero-order valence-corrected chi connectivity index (χ0v) is 18.5.